The fourth-order valence-electron chi connectivity index (χ4n) is 4.93. The van der Waals surface area contributed by atoms with Gasteiger partial charge in [-0.2, -0.15) is 18.2 Å². The van der Waals surface area contributed by atoms with Gasteiger partial charge in [-0.25, -0.2) is 4.39 Å². The summed E-state index contributed by atoms with van der Waals surface area (Å²) in [4.78, 5) is 22.3. The van der Waals surface area contributed by atoms with E-state index in [0.29, 0.717) is 41.0 Å². The lowest BCUT2D eigenvalue weighted by Crippen LogP contribution is -2.46. The van der Waals surface area contributed by atoms with Crippen molar-refractivity contribution in [3.8, 4) is 11.5 Å². The molecule has 41 heavy (non-hydrogen) atoms. The number of benzene rings is 1. The largest absolute Gasteiger partial charge is 0.406 e. The minimum Gasteiger partial charge on any atom is -0.379 e. The molecule has 4 aromatic rings. The molecule has 14 heteroatoms. The van der Waals surface area contributed by atoms with Crippen molar-refractivity contribution in [2.75, 3.05) is 39.5 Å². The number of hydrogen-bond acceptors (Lipinski definition) is 8. The topological polar surface area (TPSA) is 91.5 Å². The normalized spacial score (nSPS) is 18.3. The van der Waals surface area contributed by atoms with Crippen molar-refractivity contribution in [3.63, 3.8) is 0 Å². The fraction of sp³-hybridized carbons (Fsp3) is 0.444. The number of aromatic nitrogens is 3. The number of amides is 1. The molecular formula is C27H31F4N7O2S. The number of nitrogens with one attached hydrogen (secondary N) is 2. The first-order valence-electron chi connectivity index (χ1n) is 13.1. The summed E-state index contributed by atoms with van der Waals surface area (Å²) >= 11 is 1.37. The zero-order chi connectivity index (χ0) is 29.3. The maximum Gasteiger partial charge on any atom is 0.406 e. The summed E-state index contributed by atoms with van der Waals surface area (Å²) in [6, 6.07) is 9.63. The maximum atomic E-state index is 14.7. The second-order valence-electron chi connectivity index (χ2n) is 10.5. The molecule has 0 bridgehead atoms. The van der Waals surface area contributed by atoms with Crippen LogP contribution in [0.3, 0.4) is 0 Å². The summed E-state index contributed by atoms with van der Waals surface area (Å²) in [6.07, 6.45) is -5.08. The van der Waals surface area contributed by atoms with E-state index in [9.17, 15) is 22.4 Å². The lowest BCUT2D eigenvalue weighted by atomic mass is 10.0. The summed E-state index contributed by atoms with van der Waals surface area (Å²) in [5.74, 6) is -0.318. The second kappa shape index (κ2) is 11.8. The molecule has 220 valence electrons. The van der Waals surface area contributed by atoms with Gasteiger partial charge < -0.3 is 29.5 Å². The Kier molecular flexibility index (Phi) is 8.34. The number of hydrogen-bond donors (Lipinski definition) is 2. The lowest BCUT2D eigenvalue weighted by Gasteiger charge is -2.33. The van der Waals surface area contributed by atoms with E-state index in [1.807, 2.05) is 37.0 Å². The predicted molar refractivity (Wildman–Crippen MR) is 149 cm³/mol. The molecule has 3 aromatic heterocycles. The van der Waals surface area contributed by atoms with Crippen molar-refractivity contribution in [3.05, 3.63) is 52.0 Å². The van der Waals surface area contributed by atoms with Gasteiger partial charge in [-0.05, 0) is 57.9 Å². The van der Waals surface area contributed by atoms with Gasteiger partial charge in [0.2, 0.25) is 11.7 Å². The van der Waals surface area contributed by atoms with Crippen molar-refractivity contribution < 1.29 is 26.9 Å². The summed E-state index contributed by atoms with van der Waals surface area (Å²) in [7, 11) is 5.72. The van der Waals surface area contributed by atoms with Gasteiger partial charge in [0.1, 0.15) is 12.7 Å². The van der Waals surface area contributed by atoms with Crippen LogP contribution in [0.15, 0.2) is 40.9 Å². The molecule has 0 spiro atoms. The standard InChI is InChI=1S/C27H31F4N7O2S/c1-36(2)13-16-7-8-23(41-16)26(39)32-12-24-34-25(35-40-24)22-11-17-19(33-20-9-10-37(3)14-18(20)28)5-4-6-21(17)38(22)15-27(29,30)31/h4-8,11,18,20,33H,9-10,12-15H2,1-3H3,(H,32,39)/t18-,20+/m0/s1. The number of alkyl halides is 4. The van der Waals surface area contributed by atoms with Gasteiger partial charge in [-0.1, -0.05) is 11.2 Å². The Morgan fingerprint density at radius 1 is 1.24 bits per heavy atom. The highest BCUT2D eigenvalue weighted by Crippen LogP contribution is 2.35. The smallest absolute Gasteiger partial charge is 0.379 e. The molecule has 1 aliphatic rings. The summed E-state index contributed by atoms with van der Waals surface area (Å²) in [6.45, 7) is 0.331. The Labute approximate surface area is 238 Å². The van der Waals surface area contributed by atoms with Gasteiger partial charge in [0.15, 0.2) is 0 Å². The van der Waals surface area contributed by atoms with Gasteiger partial charge >= 0.3 is 6.18 Å². The fourth-order valence-corrected chi connectivity index (χ4v) is 5.98. The molecule has 0 unspecified atom stereocenters. The maximum absolute atomic E-state index is 14.7. The molecular weight excluding hydrogens is 562 g/mol. The van der Waals surface area contributed by atoms with Crippen LogP contribution in [-0.4, -0.2) is 83.0 Å². The van der Waals surface area contributed by atoms with Crippen molar-refractivity contribution in [1.29, 1.82) is 0 Å². The summed E-state index contributed by atoms with van der Waals surface area (Å²) < 4.78 is 62.0. The highest BCUT2D eigenvalue weighted by Gasteiger charge is 2.32. The molecule has 0 saturated carbocycles. The quantitative estimate of drug-likeness (QED) is 0.271. The average molecular weight is 594 g/mol. The predicted octanol–water partition coefficient (Wildman–Crippen LogP) is 4.76. The number of carbonyl (C=O) groups is 1. The first kappa shape index (κ1) is 29.0. The molecule has 2 N–H and O–H groups in total. The zero-order valence-electron chi connectivity index (χ0n) is 22.8. The average Bonchev–Trinajstić information content (AvgIpc) is 3.63. The molecule has 1 saturated heterocycles. The Hall–Kier alpha value is -3.49. The molecule has 0 aliphatic carbocycles. The van der Waals surface area contributed by atoms with Crippen molar-refractivity contribution in [2.24, 2.45) is 0 Å². The van der Waals surface area contributed by atoms with Crippen LogP contribution in [0.1, 0.15) is 26.9 Å². The number of piperidine rings is 1. The second-order valence-corrected chi connectivity index (χ2v) is 11.7. The van der Waals surface area contributed by atoms with Crippen LogP contribution in [0, 0.1) is 0 Å². The third kappa shape index (κ3) is 6.88. The SMILES string of the molecule is CN(C)Cc1ccc(C(=O)NCc2nc(-c3cc4c(N[C@@H]5CCN(C)C[C@@H]5F)cccc4n3CC(F)(F)F)no2)s1. The van der Waals surface area contributed by atoms with Crippen LogP contribution in [0.25, 0.3) is 22.4 Å². The van der Waals surface area contributed by atoms with E-state index in [0.717, 1.165) is 9.44 Å². The Balaban J connectivity index is 1.38. The van der Waals surface area contributed by atoms with Crippen molar-refractivity contribution >= 4 is 33.8 Å². The van der Waals surface area contributed by atoms with Crippen LogP contribution in [-0.2, 0) is 19.6 Å². The van der Waals surface area contributed by atoms with Gasteiger partial charge in [-0.3, -0.25) is 4.79 Å². The minimum atomic E-state index is -4.52. The third-order valence-electron chi connectivity index (χ3n) is 6.82. The molecule has 9 nitrogen and oxygen atoms in total. The van der Waals surface area contributed by atoms with E-state index in [1.54, 1.807) is 30.3 Å². The number of rotatable bonds is 9. The van der Waals surface area contributed by atoms with E-state index >= 15 is 0 Å². The number of carbonyl (C=O) groups excluding carboxylic acids is 1. The van der Waals surface area contributed by atoms with Crippen LogP contribution in [0.2, 0.25) is 0 Å². The number of likely N-dealkylation sites (tertiary alicyclic amines) is 1. The van der Waals surface area contributed by atoms with Crippen LogP contribution >= 0.6 is 11.3 Å². The number of fused-ring (bicyclic) bond motifs is 1. The van der Waals surface area contributed by atoms with Gasteiger partial charge in [-0.15, -0.1) is 11.3 Å². The number of halogens is 4. The number of thiophene rings is 1. The highest BCUT2D eigenvalue weighted by atomic mass is 32.1. The van der Waals surface area contributed by atoms with Gasteiger partial charge in [0.05, 0.1) is 28.7 Å². The van der Waals surface area contributed by atoms with Gasteiger partial charge in [0.25, 0.3) is 5.91 Å². The first-order valence-corrected chi connectivity index (χ1v) is 13.9. The molecule has 1 aliphatic heterocycles. The molecule has 4 heterocycles. The first-order chi connectivity index (χ1) is 19.5. The van der Waals surface area contributed by atoms with E-state index in [4.69, 9.17) is 4.52 Å². The minimum absolute atomic E-state index is 0.0483. The Bertz CT molecular complexity index is 1510. The zero-order valence-corrected chi connectivity index (χ0v) is 23.7. The Morgan fingerprint density at radius 2 is 2.05 bits per heavy atom. The molecule has 1 fully saturated rings. The monoisotopic (exact) mass is 593 g/mol. The van der Waals surface area contributed by atoms with Gasteiger partial charge in [0, 0.05) is 35.6 Å². The van der Waals surface area contributed by atoms with E-state index in [1.165, 1.54) is 11.3 Å². The van der Waals surface area contributed by atoms with Crippen molar-refractivity contribution in [2.45, 2.75) is 44.4 Å². The number of nitrogens with zero attached hydrogens (tertiary/aromatic N) is 5. The van der Waals surface area contributed by atoms with Crippen LogP contribution < -0.4 is 10.6 Å². The van der Waals surface area contributed by atoms with E-state index in [2.05, 4.69) is 20.8 Å². The number of anilines is 1. The molecule has 1 aromatic carbocycles. The van der Waals surface area contributed by atoms with Crippen LogP contribution in [0.4, 0.5) is 23.2 Å². The highest BCUT2D eigenvalue weighted by molar-refractivity contribution is 7.14. The summed E-state index contributed by atoms with van der Waals surface area (Å²) in [5.41, 5.74) is 0.929. The van der Waals surface area contributed by atoms with E-state index < -0.39 is 24.9 Å². The Morgan fingerprint density at radius 3 is 2.78 bits per heavy atom. The van der Waals surface area contributed by atoms with Crippen LogP contribution in [0.5, 0.6) is 0 Å². The molecule has 1 amide bonds. The molecule has 5 rings (SSSR count). The van der Waals surface area contributed by atoms with E-state index in [-0.39, 0.29) is 36.4 Å². The molecule has 0 radical (unpaired) electrons. The lowest BCUT2D eigenvalue weighted by molar-refractivity contribution is -0.139. The molecule has 2 atom stereocenters. The third-order valence-corrected chi connectivity index (χ3v) is 7.89. The summed E-state index contributed by atoms with van der Waals surface area (Å²) in [5, 5.41) is 10.3. The van der Waals surface area contributed by atoms with Crippen molar-refractivity contribution in [1.82, 2.24) is 29.8 Å².